The van der Waals surface area contributed by atoms with Crippen LogP contribution in [0.25, 0.3) is 21.5 Å². The molecular weight excluding hydrogens is 987 g/mol. The van der Waals surface area contributed by atoms with E-state index in [0.717, 1.165) is 114 Å². The number of azo groups is 2. The van der Waals surface area contributed by atoms with Crippen molar-refractivity contribution in [2.24, 2.45) is 20.5 Å². The van der Waals surface area contributed by atoms with Gasteiger partial charge in [0.15, 0.2) is 5.71 Å². The Morgan fingerprint density at radius 1 is 0.650 bits per heavy atom. The second-order valence-corrected chi connectivity index (χ2v) is 22.7. The van der Waals surface area contributed by atoms with Crippen molar-refractivity contribution in [2.45, 2.75) is 110 Å². The van der Waals surface area contributed by atoms with Crippen molar-refractivity contribution in [2.75, 3.05) is 41.8 Å². The summed E-state index contributed by atoms with van der Waals surface area (Å²) in [5, 5.41) is 33.6. The summed E-state index contributed by atoms with van der Waals surface area (Å²) in [6, 6.07) is 49.5. The number of ether oxygens (including phenoxy) is 1. The van der Waals surface area contributed by atoms with E-state index in [0.29, 0.717) is 6.42 Å². The average Bonchev–Trinajstić information content (AvgIpc) is 3.90. The number of carbonyl (C=O) groups is 1. The van der Waals surface area contributed by atoms with Gasteiger partial charge in [0.25, 0.3) is 0 Å². The van der Waals surface area contributed by atoms with Gasteiger partial charge in [0, 0.05) is 92.6 Å². The van der Waals surface area contributed by atoms with Gasteiger partial charge in [-0.05, 0) is 138 Å². The number of anilines is 3. The Hall–Kier alpha value is -8.44. The number of nitrogens with zero attached hydrogens (tertiary/aromatic N) is 6. The minimum atomic E-state index is -0.722. The number of likely N-dealkylation sites (N-methyl/N-ethyl adjacent to an activating group) is 1. The lowest BCUT2D eigenvalue weighted by atomic mass is 9.81. The van der Waals surface area contributed by atoms with E-state index in [9.17, 15) is 4.79 Å². The lowest BCUT2D eigenvalue weighted by Gasteiger charge is -2.38. The first-order valence-corrected chi connectivity index (χ1v) is 28.7. The average molecular weight is 1060 g/mol. The molecule has 0 spiro atoms. The van der Waals surface area contributed by atoms with Gasteiger partial charge in [0.1, 0.15) is 18.8 Å². The SMILES string of the molecule is CCN1/C(=C/C=C2\CCCC(/C=C/C3=[N+](CC)c4ccccc4C3(C)C)=C2NCCCCCC(=O)OCC2(C)Nc3cccc4c(N=Nc5ccc(N=Nc6ccccc6)c6ccccc56)ccc(c34)N2)C(C)(C)c2ccccc21. The topological polar surface area (TPSA) is 118 Å². The van der Waals surface area contributed by atoms with Gasteiger partial charge in [0.05, 0.1) is 28.2 Å². The van der Waals surface area contributed by atoms with Crippen molar-refractivity contribution in [1.82, 2.24) is 5.32 Å². The summed E-state index contributed by atoms with van der Waals surface area (Å²) < 4.78 is 8.47. The van der Waals surface area contributed by atoms with Gasteiger partial charge in [0.2, 0.25) is 5.69 Å². The molecule has 0 amide bonds. The number of rotatable bonds is 18. The van der Waals surface area contributed by atoms with E-state index < -0.39 is 5.66 Å². The smallest absolute Gasteiger partial charge is 0.305 e. The third kappa shape index (κ3) is 10.6. The van der Waals surface area contributed by atoms with E-state index >= 15 is 0 Å². The maximum Gasteiger partial charge on any atom is 0.305 e. The number of hydrogen-bond acceptors (Lipinski definition) is 10. The molecule has 7 aromatic rings. The summed E-state index contributed by atoms with van der Waals surface area (Å²) in [6.45, 7) is 18.7. The molecule has 1 unspecified atom stereocenters. The minimum Gasteiger partial charge on any atom is -0.461 e. The Morgan fingerprint density at radius 2 is 1.30 bits per heavy atom. The molecule has 406 valence electrons. The van der Waals surface area contributed by atoms with E-state index in [1.165, 1.54) is 50.8 Å². The zero-order valence-corrected chi connectivity index (χ0v) is 47.4. The molecule has 11 heteroatoms. The number of hydrogen-bond donors (Lipinski definition) is 3. The number of unbranched alkanes of at least 4 members (excludes halogenated alkanes) is 2. The van der Waals surface area contributed by atoms with Gasteiger partial charge in [-0.15, -0.1) is 15.3 Å². The van der Waals surface area contributed by atoms with Crippen molar-refractivity contribution < 1.29 is 14.1 Å². The zero-order chi connectivity index (χ0) is 55.4. The highest BCUT2D eigenvalue weighted by molar-refractivity contribution is 6.10. The molecule has 4 aliphatic rings. The maximum atomic E-state index is 13.4. The lowest BCUT2D eigenvalue weighted by molar-refractivity contribution is -0.433. The number of carbonyl (C=O) groups excluding carboxylic acids is 1. The van der Waals surface area contributed by atoms with Gasteiger partial charge in [-0.2, -0.15) is 9.69 Å². The van der Waals surface area contributed by atoms with Crippen LogP contribution >= 0.6 is 0 Å². The van der Waals surface area contributed by atoms with Crippen molar-refractivity contribution in [3.63, 3.8) is 0 Å². The maximum absolute atomic E-state index is 13.4. The van der Waals surface area contributed by atoms with Crippen molar-refractivity contribution in [3.05, 3.63) is 204 Å². The first-order valence-electron chi connectivity index (χ1n) is 28.7. The summed E-state index contributed by atoms with van der Waals surface area (Å²) in [6.07, 6.45) is 15.6. The summed E-state index contributed by atoms with van der Waals surface area (Å²) in [5.74, 6) is -0.197. The Bertz CT molecular complexity index is 3720. The molecule has 80 heavy (non-hydrogen) atoms. The molecule has 0 saturated carbocycles. The molecule has 0 aromatic heterocycles. The molecular formula is C69H74N9O2+. The first kappa shape index (κ1) is 53.6. The van der Waals surface area contributed by atoms with Crippen LogP contribution in [0.4, 0.5) is 45.5 Å². The zero-order valence-electron chi connectivity index (χ0n) is 47.4. The standard InChI is InChI=1S/C69H73N9O2/c1-8-77-60-34-19-17-31-53(60)67(3,4)62(77)43-37-47-24-22-25-48(38-44-63-68(5,6)54-32-18-20-35-61(54)78(63)9-2)66(47)70-45-21-11-14-36-64(79)80-46-69(7)71-58-33-23-30-52-57(41-42-59(72-69)65(52)58)76-75-56-40-39-55(50-28-15-16-29-51(50)56)74-73-49-26-12-10-13-27-49/h10,12-13,15-20,23,26-35,37-44H,8-9,11,14,21-22,24-25,36,45-46H2,1-7H3,(H2,71,72,73,75)/p+1/b47-37+,62-43+. The largest absolute Gasteiger partial charge is 0.461 e. The predicted octanol–water partition coefficient (Wildman–Crippen LogP) is 17.8. The van der Waals surface area contributed by atoms with Crippen LogP contribution in [0.2, 0.25) is 0 Å². The second kappa shape index (κ2) is 22.7. The molecule has 0 bridgehead atoms. The van der Waals surface area contributed by atoms with Crippen LogP contribution in [0.15, 0.2) is 213 Å². The summed E-state index contributed by atoms with van der Waals surface area (Å²) in [7, 11) is 0. The van der Waals surface area contributed by atoms with Crippen LogP contribution in [-0.2, 0) is 20.4 Å². The highest BCUT2D eigenvalue weighted by Gasteiger charge is 2.44. The fourth-order valence-corrected chi connectivity index (χ4v) is 12.4. The molecule has 1 aliphatic carbocycles. The van der Waals surface area contributed by atoms with E-state index in [1.54, 1.807) is 0 Å². The fourth-order valence-electron chi connectivity index (χ4n) is 12.4. The normalized spacial score (nSPS) is 19.2. The lowest BCUT2D eigenvalue weighted by Crippen LogP contribution is -2.49. The second-order valence-electron chi connectivity index (χ2n) is 22.7. The quantitative estimate of drug-likeness (QED) is 0.0341. The molecule has 11 nitrogen and oxygen atoms in total. The van der Waals surface area contributed by atoms with Crippen molar-refractivity contribution >= 4 is 78.7 Å². The van der Waals surface area contributed by atoms with E-state index in [-0.39, 0.29) is 23.4 Å². The third-order valence-corrected chi connectivity index (χ3v) is 16.5. The number of esters is 1. The van der Waals surface area contributed by atoms with E-state index in [2.05, 4.69) is 162 Å². The number of fused-ring (bicyclic) bond motifs is 3. The van der Waals surface area contributed by atoms with Gasteiger partial charge in [-0.3, -0.25) is 4.79 Å². The Balaban J connectivity index is 0.728. The fraction of sp³-hybridized carbons (Fsp3) is 0.304. The predicted molar refractivity (Wildman–Crippen MR) is 329 cm³/mol. The van der Waals surface area contributed by atoms with Gasteiger partial charge in [-0.1, -0.05) is 123 Å². The van der Waals surface area contributed by atoms with Gasteiger partial charge >= 0.3 is 5.97 Å². The van der Waals surface area contributed by atoms with Crippen molar-refractivity contribution in [1.29, 1.82) is 0 Å². The monoisotopic (exact) mass is 1060 g/mol. The first-order chi connectivity index (χ1) is 38.9. The van der Waals surface area contributed by atoms with Crippen LogP contribution in [-0.4, -0.2) is 48.2 Å². The molecule has 0 fully saturated rings. The van der Waals surface area contributed by atoms with E-state index in [4.69, 9.17) is 15.0 Å². The Labute approximate surface area is 471 Å². The molecule has 0 radical (unpaired) electrons. The molecule has 3 N–H and O–H groups in total. The molecule has 0 saturated heterocycles. The van der Waals surface area contributed by atoms with Crippen LogP contribution in [0.5, 0.6) is 0 Å². The van der Waals surface area contributed by atoms with Gasteiger partial charge in [-0.25, -0.2) is 0 Å². The Morgan fingerprint density at radius 3 is 2.05 bits per heavy atom. The molecule has 3 heterocycles. The minimum absolute atomic E-state index is 0.103. The molecule has 3 aliphatic heterocycles. The number of nitrogens with one attached hydrogen (secondary N) is 3. The number of benzene rings is 7. The van der Waals surface area contributed by atoms with E-state index in [1.807, 2.05) is 91.9 Å². The van der Waals surface area contributed by atoms with Crippen LogP contribution in [0, 0.1) is 0 Å². The van der Waals surface area contributed by atoms with Crippen LogP contribution in [0.1, 0.15) is 105 Å². The highest BCUT2D eigenvalue weighted by atomic mass is 16.5. The van der Waals surface area contributed by atoms with Crippen LogP contribution < -0.4 is 20.9 Å². The Kier molecular flexibility index (Phi) is 15.2. The molecule has 7 aromatic carbocycles. The molecule has 11 rings (SSSR count). The highest BCUT2D eigenvalue weighted by Crippen LogP contribution is 2.48. The summed E-state index contributed by atoms with van der Waals surface area (Å²) >= 11 is 0. The number of allylic oxidation sites excluding steroid dienone is 7. The number of para-hydroxylation sites is 2. The summed E-state index contributed by atoms with van der Waals surface area (Å²) in [5.41, 5.74) is 16.0. The third-order valence-electron chi connectivity index (χ3n) is 16.5. The van der Waals surface area contributed by atoms with Crippen molar-refractivity contribution in [3.8, 4) is 0 Å². The molecule has 1 atom stereocenters. The van der Waals surface area contributed by atoms with Gasteiger partial charge < -0.3 is 25.6 Å². The van der Waals surface area contributed by atoms with Crippen LogP contribution in [0.3, 0.4) is 0 Å². The summed E-state index contributed by atoms with van der Waals surface area (Å²) in [4.78, 5) is 15.9.